The number of pyridine rings is 1. The van der Waals surface area contributed by atoms with E-state index in [1.54, 1.807) is 12.3 Å². The first-order valence-corrected chi connectivity index (χ1v) is 9.39. The van der Waals surface area contributed by atoms with Gasteiger partial charge in [-0.1, -0.05) is 6.07 Å². The number of halogens is 1. The van der Waals surface area contributed by atoms with Gasteiger partial charge >= 0.3 is 0 Å². The standard InChI is InChI=1S/C16H13BrN2O2S2/c17-13-6-11(7-18-8-13)15(20)19-10-16(21,12-3-5-22-9-12)14-2-1-4-23-14/h1-9,21H,10H2,(H,19,20). The number of nitrogens with one attached hydrogen (secondary N) is 1. The minimum atomic E-state index is -1.23. The number of hydrogen-bond donors (Lipinski definition) is 2. The predicted molar refractivity (Wildman–Crippen MR) is 95.9 cm³/mol. The highest BCUT2D eigenvalue weighted by atomic mass is 79.9. The van der Waals surface area contributed by atoms with Crippen LogP contribution in [0, 0.1) is 0 Å². The number of hydrogen-bond acceptors (Lipinski definition) is 5. The maximum Gasteiger partial charge on any atom is 0.253 e. The molecule has 0 fully saturated rings. The third-order valence-corrected chi connectivity index (χ3v) is 5.54. The molecular formula is C16H13BrN2O2S2. The second kappa shape index (κ2) is 6.92. The van der Waals surface area contributed by atoms with E-state index in [-0.39, 0.29) is 12.5 Å². The minimum absolute atomic E-state index is 0.0929. The third kappa shape index (κ3) is 3.53. The highest BCUT2D eigenvalue weighted by Gasteiger charge is 2.33. The third-order valence-electron chi connectivity index (χ3n) is 3.40. The molecule has 23 heavy (non-hydrogen) atoms. The van der Waals surface area contributed by atoms with Gasteiger partial charge in [-0.3, -0.25) is 9.78 Å². The van der Waals surface area contributed by atoms with E-state index in [0.29, 0.717) is 5.56 Å². The lowest BCUT2D eigenvalue weighted by Gasteiger charge is -2.27. The summed E-state index contributed by atoms with van der Waals surface area (Å²) in [4.78, 5) is 17.1. The molecular weight excluding hydrogens is 396 g/mol. The molecule has 1 amide bonds. The van der Waals surface area contributed by atoms with Crippen LogP contribution in [0.5, 0.6) is 0 Å². The summed E-state index contributed by atoms with van der Waals surface area (Å²) in [5.74, 6) is -0.274. The molecule has 1 atom stereocenters. The lowest BCUT2D eigenvalue weighted by atomic mass is 9.94. The Kier molecular flexibility index (Phi) is 4.91. The summed E-state index contributed by atoms with van der Waals surface area (Å²) in [5.41, 5.74) is -0.0145. The van der Waals surface area contributed by atoms with Crippen LogP contribution in [0.25, 0.3) is 0 Å². The topological polar surface area (TPSA) is 62.2 Å². The van der Waals surface area contributed by atoms with E-state index < -0.39 is 5.60 Å². The smallest absolute Gasteiger partial charge is 0.253 e. The van der Waals surface area contributed by atoms with Crippen molar-refractivity contribution in [3.63, 3.8) is 0 Å². The lowest BCUT2D eigenvalue weighted by Crippen LogP contribution is -2.41. The van der Waals surface area contributed by atoms with E-state index in [1.807, 2.05) is 34.3 Å². The largest absolute Gasteiger partial charge is 0.378 e. The normalized spacial score (nSPS) is 13.5. The molecule has 3 rings (SSSR count). The first kappa shape index (κ1) is 16.3. The van der Waals surface area contributed by atoms with Gasteiger partial charge in [0.1, 0.15) is 5.60 Å². The first-order chi connectivity index (χ1) is 11.1. The quantitative estimate of drug-likeness (QED) is 0.677. The molecule has 0 aliphatic rings. The molecule has 4 nitrogen and oxygen atoms in total. The number of carbonyl (C=O) groups is 1. The SMILES string of the molecule is O=C(NCC(O)(c1ccsc1)c1cccs1)c1cncc(Br)c1. The van der Waals surface area contributed by atoms with Crippen LogP contribution in [0.15, 0.2) is 57.3 Å². The van der Waals surface area contributed by atoms with Crippen molar-refractivity contribution in [1.82, 2.24) is 10.3 Å². The van der Waals surface area contributed by atoms with Crippen molar-refractivity contribution >= 4 is 44.5 Å². The van der Waals surface area contributed by atoms with Crippen LogP contribution < -0.4 is 5.32 Å². The molecule has 3 aromatic rings. The summed E-state index contributed by atoms with van der Waals surface area (Å²) in [7, 11) is 0. The zero-order chi connectivity index (χ0) is 16.3. The number of aliphatic hydroxyl groups is 1. The number of rotatable bonds is 5. The van der Waals surface area contributed by atoms with Crippen molar-refractivity contribution in [1.29, 1.82) is 0 Å². The zero-order valence-corrected chi connectivity index (χ0v) is 15.1. The van der Waals surface area contributed by atoms with Gasteiger partial charge < -0.3 is 10.4 Å². The summed E-state index contributed by atoms with van der Waals surface area (Å²) < 4.78 is 0.733. The van der Waals surface area contributed by atoms with Crippen molar-refractivity contribution in [2.45, 2.75) is 5.60 Å². The van der Waals surface area contributed by atoms with Gasteiger partial charge in [0.25, 0.3) is 5.91 Å². The lowest BCUT2D eigenvalue weighted by molar-refractivity contribution is 0.0720. The molecule has 0 aliphatic carbocycles. The molecule has 1 unspecified atom stereocenters. The summed E-state index contributed by atoms with van der Waals surface area (Å²) in [5, 5.41) is 19.7. The van der Waals surface area contributed by atoms with Crippen LogP contribution in [0.1, 0.15) is 20.8 Å². The van der Waals surface area contributed by atoms with Crippen molar-refractivity contribution in [2.24, 2.45) is 0 Å². The Morgan fingerprint density at radius 3 is 2.87 bits per heavy atom. The highest BCUT2D eigenvalue weighted by Crippen LogP contribution is 2.33. The average molecular weight is 409 g/mol. The maximum absolute atomic E-state index is 12.3. The molecule has 118 valence electrons. The Morgan fingerprint density at radius 2 is 2.22 bits per heavy atom. The Morgan fingerprint density at radius 1 is 1.35 bits per heavy atom. The summed E-state index contributed by atoms with van der Waals surface area (Å²) >= 11 is 6.27. The van der Waals surface area contributed by atoms with Crippen molar-refractivity contribution in [2.75, 3.05) is 6.54 Å². The van der Waals surface area contributed by atoms with Crippen LogP contribution in [-0.2, 0) is 5.60 Å². The minimum Gasteiger partial charge on any atom is -0.378 e. The number of thiophene rings is 2. The van der Waals surface area contributed by atoms with E-state index in [9.17, 15) is 9.90 Å². The molecule has 0 bridgehead atoms. The fourth-order valence-corrected chi connectivity index (χ4v) is 4.13. The van der Waals surface area contributed by atoms with Crippen molar-refractivity contribution in [3.05, 3.63) is 73.3 Å². The van der Waals surface area contributed by atoms with E-state index in [2.05, 4.69) is 26.2 Å². The van der Waals surface area contributed by atoms with Crippen LogP contribution in [0.2, 0.25) is 0 Å². The van der Waals surface area contributed by atoms with E-state index in [1.165, 1.54) is 28.9 Å². The molecule has 0 aliphatic heterocycles. The molecule has 0 aromatic carbocycles. The number of aromatic nitrogens is 1. The van der Waals surface area contributed by atoms with Gasteiger partial charge in [0.2, 0.25) is 0 Å². The first-order valence-electron chi connectivity index (χ1n) is 6.77. The fourth-order valence-electron chi connectivity index (χ4n) is 2.19. The second-order valence-corrected chi connectivity index (χ2v) is 7.57. The van der Waals surface area contributed by atoms with Gasteiger partial charge in [-0.05, 0) is 50.3 Å². The summed E-state index contributed by atoms with van der Waals surface area (Å²) in [6.45, 7) is 0.0929. The molecule has 3 aromatic heterocycles. The Balaban J connectivity index is 1.82. The summed E-state index contributed by atoms with van der Waals surface area (Å²) in [6.07, 6.45) is 3.11. The molecule has 0 saturated heterocycles. The van der Waals surface area contributed by atoms with Crippen molar-refractivity contribution in [3.8, 4) is 0 Å². The molecule has 0 radical (unpaired) electrons. The van der Waals surface area contributed by atoms with Crippen LogP contribution >= 0.6 is 38.6 Å². The number of carbonyl (C=O) groups excluding carboxylic acids is 1. The van der Waals surface area contributed by atoms with Crippen LogP contribution in [-0.4, -0.2) is 22.5 Å². The van der Waals surface area contributed by atoms with E-state index >= 15 is 0 Å². The van der Waals surface area contributed by atoms with Gasteiger partial charge in [-0.25, -0.2) is 0 Å². The van der Waals surface area contributed by atoms with Gasteiger partial charge in [0.15, 0.2) is 0 Å². The Labute approximate surface area is 150 Å². The molecule has 0 saturated carbocycles. The van der Waals surface area contributed by atoms with Gasteiger partial charge in [0, 0.05) is 27.3 Å². The fraction of sp³-hybridized carbons (Fsp3) is 0.125. The average Bonchev–Trinajstić information content (AvgIpc) is 3.25. The molecule has 2 N–H and O–H groups in total. The van der Waals surface area contributed by atoms with Gasteiger partial charge in [0.05, 0.1) is 12.1 Å². The Bertz CT molecular complexity index is 754. The van der Waals surface area contributed by atoms with Crippen LogP contribution in [0.4, 0.5) is 0 Å². The molecule has 0 spiro atoms. The monoisotopic (exact) mass is 408 g/mol. The van der Waals surface area contributed by atoms with E-state index in [0.717, 1.165) is 14.9 Å². The predicted octanol–water partition coefficient (Wildman–Crippen LogP) is 3.63. The highest BCUT2D eigenvalue weighted by molar-refractivity contribution is 9.10. The van der Waals surface area contributed by atoms with Gasteiger partial charge in [-0.15, -0.1) is 11.3 Å². The second-order valence-electron chi connectivity index (χ2n) is 4.92. The van der Waals surface area contributed by atoms with Gasteiger partial charge in [-0.2, -0.15) is 11.3 Å². The Hall–Kier alpha value is -1.54. The van der Waals surface area contributed by atoms with Crippen LogP contribution in [0.3, 0.4) is 0 Å². The van der Waals surface area contributed by atoms with E-state index in [4.69, 9.17) is 0 Å². The zero-order valence-electron chi connectivity index (χ0n) is 11.9. The van der Waals surface area contributed by atoms with Crippen molar-refractivity contribution < 1.29 is 9.90 Å². The summed E-state index contributed by atoms with van der Waals surface area (Å²) in [6, 6.07) is 7.32. The number of amides is 1. The number of nitrogens with zero attached hydrogens (tertiary/aromatic N) is 1. The molecule has 7 heteroatoms. The molecule has 3 heterocycles. The maximum atomic E-state index is 12.3.